The van der Waals surface area contributed by atoms with Gasteiger partial charge < -0.3 is 10.2 Å². The zero-order chi connectivity index (χ0) is 5.44. The van der Waals surface area contributed by atoms with E-state index in [1.54, 1.807) is 0 Å². The van der Waals surface area contributed by atoms with Gasteiger partial charge in [-0.3, -0.25) is 0 Å². The van der Waals surface area contributed by atoms with Crippen molar-refractivity contribution in [3.8, 4) is 0 Å². The first-order chi connectivity index (χ1) is 3.22. The third-order valence-corrected chi connectivity index (χ3v) is 1.37. The number of hydrogen-bond acceptors (Lipinski definition) is 2. The molecule has 0 aromatic carbocycles. The Hall–Kier alpha value is -0.0151. The van der Waals surface area contributed by atoms with E-state index in [-0.39, 0.29) is 5.82 Å². The molecule has 0 bridgehead atoms. The second kappa shape index (κ2) is 1.49. The largest absolute Gasteiger partial charge is 0.393 e. The van der Waals surface area contributed by atoms with Gasteiger partial charge in [-0.1, -0.05) is 0 Å². The summed E-state index contributed by atoms with van der Waals surface area (Å²) in [4.78, 5) is 0. The zero-order valence-electron chi connectivity index (χ0n) is 3.91. The average Bonchev–Trinajstić information content (AvgIpc) is 1.68. The molecule has 7 heavy (non-hydrogen) atoms. The molecule has 1 aliphatic rings. The van der Waals surface area contributed by atoms with Crippen LogP contribution in [-0.4, -0.2) is 30.3 Å². The van der Waals surface area contributed by atoms with E-state index >= 15 is 0 Å². The third kappa shape index (κ3) is 0.662. The summed E-state index contributed by atoms with van der Waals surface area (Å²) in [6.45, 7) is 0. The maximum Gasteiger partial charge on any atom is 0.0770 e. The van der Waals surface area contributed by atoms with Gasteiger partial charge in [0.15, 0.2) is 0 Å². The highest BCUT2D eigenvalue weighted by Crippen LogP contribution is 2.29. The minimum Gasteiger partial charge on any atom is -0.393 e. The molecule has 38 valence electrons. The number of aliphatic hydroxyl groups is 2. The summed E-state index contributed by atoms with van der Waals surface area (Å²) in [6.07, 6.45) is -0.480. The second-order valence-electron chi connectivity index (χ2n) is 1.95. The molecule has 0 saturated heterocycles. The topological polar surface area (TPSA) is 40.5 Å². The van der Waals surface area contributed by atoms with Crippen molar-refractivity contribution in [3.63, 3.8) is 0 Å². The molecule has 0 heterocycles. The molecule has 2 radical (unpaired) electrons. The highest BCUT2D eigenvalue weighted by atomic mass is 16.3. The molecular formula is C4H7BO2. The smallest absolute Gasteiger partial charge is 0.0770 e. The summed E-state index contributed by atoms with van der Waals surface area (Å²) in [5.41, 5.74) is 0. The number of rotatable bonds is 0. The van der Waals surface area contributed by atoms with Gasteiger partial charge in [0, 0.05) is 0 Å². The highest BCUT2D eigenvalue weighted by Gasteiger charge is 2.33. The van der Waals surface area contributed by atoms with Gasteiger partial charge in [0.05, 0.1) is 20.1 Å². The first-order valence-corrected chi connectivity index (χ1v) is 2.33. The Balaban J connectivity index is 2.29. The minimum absolute atomic E-state index is 0.389. The molecule has 0 aromatic rings. The van der Waals surface area contributed by atoms with Crippen LogP contribution in [0.25, 0.3) is 0 Å². The SMILES string of the molecule is [B]C1C(O)CC1O. The Morgan fingerprint density at radius 3 is 1.71 bits per heavy atom. The fraction of sp³-hybridized carbons (Fsp3) is 1.00. The van der Waals surface area contributed by atoms with E-state index in [9.17, 15) is 0 Å². The van der Waals surface area contributed by atoms with E-state index in [1.807, 2.05) is 0 Å². The summed E-state index contributed by atoms with van der Waals surface area (Å²) < 4.78 is 0. The van der Waals surface area contributed by atoms with Crippen molar-refractivity contribution in [1.29, 1.82) is 0 Å². The minimum atomic E-state index is -0.463. The van der Waals surface area contributed by atoms with E-state index in [1.165, 1.54) is 0 Å². The lowest BCUT2D eigenvalue weighted by Crippen LogP contribution is -2.40. The van der Waals surface area contributed by atoms with Crippen LogP contribution in [-0.2, 0) is 0 Å². The molecule has 3 heteroatoms. The average molecular weight is 97.9 g/mol. The molecule has 0 aliphatic heterocycles. The molecule has 2 unspecified atom stereocenters. The van der Waals surface area contributed by atoms with Crippen molar-refractivity contribution in [2.75, 3.05) is 0 Å². The van der Waals surface area contributed by atoms with Crippen LogP contribution in [0.1, 0.15) is 6.42 Å². The molecule has 1 fully saturated rings. The van der Waals surface area contributed by atoms with Gasteiger partial charge in [-0.15, -0.1) is 0 Å². The molecule has 0 amide bonds. The van der Waals surface area contributed by atoms with Crippen LogP contribution >= 0.6 is 0 Å². The Labute approximate surface area is 43.6 Å². The van der Waals surface area contributed by atoms with Gasteiger partial charge in [-0.2, -0.15) is 0 Å². The van der Waals surface area contributed by atoms with E-state index < -0.39 is 12.2 Å². The molecule has 0 aromatic heterocycles. The fourth-order valence-corrected chi connectivity index (χ4v) is 0.622. The van der Waals surface area contributed by atoms with Crippen LogP contribution in [0.2, 0.25) is 5.82 Å². The van der Waals surface area contributed by atoms with Crippen LogP contribution in [0.4, 0.5) is 0 Å². The summed E-state index contributed by atoms with van der Waals surface area (Å²) in [7, 11) is 5.17. The van der Waals surface area contributed by atoms with Crippen molar-refractivity contribution in [2.45, 2.75) is 24.4 Å². The first-order valence-electron chi connectivity index (χ1n) is 2.33. The second-order valence-corrected chi connectivity index (χ2v) is 1.95. The van der Waals surface area contributed by atoms with Crippen LogP contribution < -0.4 is 0 Å². The van der Waals surface area contributed by atoms with Gasteiger partial charge in [0.2, 0.25) is 0 Å². The third-order valence-electron chi connectivity index (χ3n) is 1.37. The van der Waals surface area contributed by atoms with E-state index in [0.29, 0.717) is 6.42 Å². The van der Waals surface area contributed by atoms with Gasteiger partial charge in [0.25, 0.3) is 0 Å². The summed E-state index contributed by atoms with van der Waals surface area (Å²) in [5, 5.41) is 17.2. The van der Waals surface area contributed by atoms with E-state index in [2.05, 4.69) is 0 Å². The fourth-order valence-electron chi connectivity index (χ4n) is 0.622. The van der Waals surface area contributed by atoms with Crippen molar-refractivity contribution < 1.29 is 10.2 Å². The summed E-state index contributed by atoms with van der Waals surface area (Å²) in [5.74, 6) is -0.389. The van der Waals surface area contributed by atoms with Crippen LogP contribution in [0, 0.1) is 0 Å². The Morgan fingerprint density at radius 1 is 1.29 bits per heavy atom. The molecule has 2 nitrogen and oxygen atoms in total. The molecule has 1 rings (SSSR count). The van der Waals surface area contributed by atoms with E-state index in [0.717, 1.165) is 0 Å². The Kier molecular flexibility index (Phi) is 1.09. The van der Waals surface area contributed by atoms with Crippen molar-refractivity contribution >= 4 is 7.85 Å². The number of hydrogen-bond donors (Lipinski definition) is 2. The maximum absolute atomic E-state index is 8.60. The zero-order valence-corrected chi connectivity index (χ0v) is 3.91. The monoisotopic (exact) mass is 98.1 g/mol. The Bertz CT molecular complexity index is 68.1. The predicted octanol–water partition coefficient (Wildman–Crippen LogP) is -0.931. The molecule has 2 atom stereocenters. The summed E-state index contributed by atoms with van der Waals surface area (Å²) in [6, 6.07) is 0. The molecular weight excluding hydrogens is 90.9 g/mol. The van der Waals surface area contributed by atoms with Crippen molar-refractivity contribution in [2.24, 2.45) is 0 Å². The normalized spacial score (nSPS) is 50.9. The molecule has 0 spiro atoms. The quantitative estimate of drug-likeness (QED) is 0.384. The highest BCUT2D eigenvalue weighted by molar-refractivity contribution is 6.13. The lowest BCUT2D eigenvalue weighted by Gasteiger charge is -2.35. The number of aliphatic hydroxyl groups excluding tert-OH is 2. The summed E-state index contributed by atoms with van der Waals surface area (Å²) >= 11 is 0. The van der Waals surface area contributed by atoms with Crippen LogP contribution in [0.3, 0.4) is 0 Å². The van der Waals surface area contributed by atoms with Gasteiger partial charge >= 0.3 is 0 Å². The predicted molar refractivity (Wildman–Crippen MR) is 26.1 cm³/mol. The maximum atomic E-state index is 8.60. The van der Waals surface area contributed by atoms with E-state index in [4.69, 9.17) is 18.1 Å². The van der Waals surface area contributed by atoms with Gasteiger partial charge in [-0.05, 0) is 12.2 Å². The lowest BCUT2D eigenvalue weighted by atomic mass is 9.66. The van der Waals surface area contributed by atoms with Gasteiger partial charge in [-0.25, -0.2) is 0 Å². The molecule has 1 saturated carbocycles. The van der Waals surface area contributed by atoms with Gasteiger partial charge in [0.1, 0.15) is 0 Å². The van der Waals surface area contributed by atoms with Crippen LogP contribution in [0.5, 0.6) is 0 Å². The standard InChI is InChI=1S/C4H7BO2/c5-4-2(6)1-3(4)7/h2-4,6-7H,1H2. The van der Waals surface area contributed by atoms with Crippen LogP contribution in [0.15, 0.2) is 0 Å². The Morgan fingerprint density at radius 2 is 1.71 bits per heavy atom. The molecule has 2 N–H and O–H groups in total. The lowest BCUT2D eigenvalue weighted by molar-refractivity contribution is -0.0233. The van der Waals surface area contributed by atoms with Crippen molar-refractivity contribution in [3.05, 3.63) is 0 Å². The molecule has 1 aliphatic carbocycles. The first kappa shape index (κ1) is 5.13. The van der Waals surface area contributed by atoms with Crippen molar-refractivity contribution in [1.82, 2.24) is 0 Å².